The van der Waals surface area contributed by atoms with Gasteiger partial charge in [0.15, 0.2) is 0 Å². The Bertz CT molecular complexity index is 647. The van der Waals surface area contributed by atoms with Gasteiger partial charge in [0.1, 0.15) is 12.7 Å². The highest BCUT2D eigenvalue weighted by Crippen LogP contribution is 2.11. The van der Waals surface area contributed by atoms with E-state index < -0.39 is 30.0 Å². The Morgan fingerprint density at radius 1 is 1.09 bits per heavy atom. The third-order valence-corrected chi connectivity index (χ3v) is 2.51. The van der Waals surface area contributed by atoms with Crippen LogP contribution in [0.5, 0.6) is 0 Å². The molecular formula is C15H14O8. The monoisotopic (exact) mass is 322 g/mol. The fourth-order valence-electron chi connectivity index (χ4n) is 1.51. The lowest BCUT2D eigenvalue weighted by molar-refractivity contribution is -0.141. The van der Waals surface area contributed by atoms with Crippen LogP contribution >= 0.6 is 0 Å². The molecule has 0 aliphatic rings. The zero-order chi connectivity index (χ0) is 17.4. The van der Waals surface area contributed by atoms with Gasteiger partial charge in [0.25, 0.3) is 0 Å². The molecule has 1 unspecified atom stereocenters. The molecule has 0 radical (unpaired) electrons. The van der Waals surface area contributed by atoms with Crippen molar-refractivity contribution >= 4 is 23.9 Å². The number of ether oxygens (including phenoxy) is 2. The van der Waals surface area contributed by atoms with Crippen LogP contribution in [-0.4, -0.2) is 46.8 Å². The van der Waals surface area contributed by atoms with Crippen LogP contribution in [0.4, 0.5) is 0 Å². The minimum atomic E-state index is -1.30. The van der Waals surface area contributed by atoms with E-state index in [1.54, 1.807) is 0 Å². The summed E-state index contributed by atoms with van der Waals surface area (Å²) in [5.41, 5.74) is -0.324. The quantitative estimate of drug-likeness (QED) is 0.564. The van der Waals surface area contributed by atoms with E-state index in [0.717, 1.165) is 6.08 Å². The highest BCUT2D eigenvalue weighted by atomic mass is 16.6. The van der Waals surface area contributed by atoms with E-state index in [-0.39, 0.29) is 17.7 Å². The number of esters is 2. The molecular weight excluding hydrogens is 308 g/mol. The van der Waals surface area contributed by atoms with Crippen molar-refractivity contribution in [1.82, 2.24) is 0 Å². The van der Waals surface area contributed by atoms with Crippen molar-refractivity contribution in [2.75, 3.05) is 6.61 Å². The number of carboxylic acid groups (broad SMARTS) is 2. The minimum absolute atomic E-state index is 0.121. The molecule has 8 nitrogen and oxygen atoms in total. The van der Waals surface area contributed by atoms with E-state index in [1.165, 1.54) is 31.2 Å². The van der Waals surface area contributed by atoms with E-state index in [1.807, 2.05) is 0 Å². The van der Waals surface area contributed by atoms with E-state index in [4.69, 9.17) is 14.9 Å². The van der Waals surface area contributed by atoms with Crippen molar-refractivity contribution in [2.45, 2.75) is 13.0 Å². The summed E-state index contributed by atoms with van der Waals surface area (Å²) in [7, 11) is 0. The standard InChI is InChI=1S/C15H14O8/c1-9(8-22-13(18)7-6-12(16)17)23-15(21)11-5-3-2-4-10(11)14(19)20/h2-7,9H,8H2,1H3,(H,16,17)(H,19,20). The van der Waals surface area contributed by atoms with Crippen LogP contribution in [0.15, 0.2) is 36.4 Å². The van der Waals surface area contributed by atoms with Crippen LogP contribution in [-0.2, 0) is 19.1 Å². The summed E-state index contributed by atoms with van der Waals surface area (Å²) in [6.07, 6.45) is 0.491. The Balaban J connectivity index is 2.59. The molecule has 0 amide bonds. The van der Waals surface area contributed by atoms with Crippen molar-refractivity contribution in [3.63, 3.8) is 0 Å². The predicted molar refractivity (Wildman–Crippen MR) is 76.0 cm³/mol. The summed E-state index contributed by atoms with van der Waals surface area (Å²) in [4.78, 5) is 44.3. The van der Waals surface area contributed by atoms with E-state index in [2.05, 4.69) is 4.74 Å². The van der Waals surface area contributed by atoms with Crippen molar-refractivity contribution in [1.29, 1.82) is 0 Å². The second-order valence-electron chi connectivity index (χ2n) is 4.37. The Hall–Kier alpha value is -3.16. The molecule has 1 aromatic rings. The molecule has 122 valence electrons. The first-order valence-corrected chi connectivity index (χ1v) is 6.42. The summed E-state index contributed by atoms with van der Waals surface area (Å²) in [5, 5.41) is 17.3. The SMILES string of the molecule is CC(COC(=O)C=CC(=O)O)OC(=O)c1ccccc1C(=O)O. The molecule has 0 saturated carbocycles. The van der Waals surface area contributed by atoms with Crippen molar-refractivity contribution in [2.24, 2.45) is 0 Å². The number of aromatic carboxylic acids is 1. The maximum atomic E-state index is 11.9. The van der Waals surface area contributed by atoms with Gasteiger partial charge in [-0.3, -0.25) is 0 Å². The lowest BCUT2D eigenvalue weighted by Crippen LogP contribution is -2.23. The maximum Gasteiger partial charge on any atom is 0.339 e. The molecule has 1 rings (SSSR count). The lowest BCUT2D eigenvalue weighted by atomic mass is 10.1. The fraction of sp³-hybridized carbons (Fsp3) is 0.200. The first-order valence-electron chi connectivity index (χ1n) is 6.42. The van der Waals surface area contributed by atoms with Gasteiger partial charge in [-0.25, -0.2) is 19.2 Å². The van der Waals surface area contributed by atoms with E-state index in [9.17, 15) is 19.2 Å². The molecule has 0 bridgehead atoms. The molecule has 0 aliphatic carbocycles. The zero-order valence-corrected chi connectivity index (χ0v) is 12.1. The third kappa shape index (κ3) is 6.00. The first kappa shape index (κ1) is 17.9. The zero-order valence-electron chi connectivity index (χ0n) is 12.1. The van der Waals surface area contributed by atoms with Crippen LogP contribution in [0.3, 0.4) is 0 Å². The van der Waals surface area contributed by atoms with E-state index >= 15 is 0 Å². The Labute approximate surface area is 130 Å². The smallest absolute Gasteiger partial charge is 0.339 e. The summed E-state index contributed by atoms with van der Waals surface area (Å²) >= 11 is 0. The molecule has 0 aliphatic heterocycles. The van der Waals surface area contributed by atoms with Crippen LogP contribution < -0.4 is 0 Å². The van der Waals surface area contributed by atoms with Crippen LogP contribution in [0.1, 0.15) is 27.6 Å². The number of hydrogen-bond acceptors (Lipinski definition) is 6. The van der Waals surface area contributed by atoms with Gasteiger partial charge in [-0.2, -0.15) is 0 Å². The second-order valence-corrected chi connectivity index (χ2v) is 4.37. The summed E-state index contributed by atoms with van der Waals surface area (Å²) < 4.78 is 9.67. The average molecular weight is 322 g/mol. The topological polar surface area (TPSA) is 127 Å². The Morgan fingerprint density at radius 2 is 1.70 bits per heavy atom. The molecule has 0 saturated heterocycles. The van der Waals surface area contributed by atoms with Gasteiger partial charge < -0.3 is 19.7 Å². The predicted octanol–water partition coefficient (Wildman–Crippen LogP) is 1.11. The fourth-order valence-corrected chi connectivity index (χ4v) is 1.51. The molecule has 1 atom stereocenters. The third-order valence-electron chi connectivity index (χ3n) is 2.51. The number of carboxylic acids is 2. The average Bonchev–Trinajstić information content (AvgIpc) is 2.50. The van der Waals surface area contributed by atoms with Crippen molar-refractivity contribution in [3.8, 4) is 0 Å². The molecule has 1 aromatic carbocycles. The molecule has 0 aromatic heterocycles. The van der Waals surface area contributed by atoms with Gasteiger partial charge in [0, 0.05) is 12.2 Å². The van der Waals surface area contributed by atoms with Crippen LogP contribution in [0, 0.1) is 0 Å². The Kier molecular flexibility index (Phi) is 6.47. The minimum Gasteiger partial charge on any atom is -0.478 e. The van der Waals surface area contributed by atoms with Gasteiger partial charge in [-0.05, 0) is 19.1 Å². The van der Waals surface area contributed by atoms with Gasteiger partial charge in [-0.15, -0.1) is 0 Å². The summed E-state index contributed by atoms with van der Waals surface area (Å²) in [6.45, 7) is 1.14. The largest absolute Gasteiger partial charge is 0.478 e. The summed E-state index contributed by atoms with van der Waals surface area (Å²) in [6, 6.07) is 5.53. The number of aliphatic carboxylic acids is 1. The maximum absolute atomic E-state index is 11.9. The van der Waals surface area contributed by atoms with Gasteiger partial charge in [-0.1, -0.05) is 12.1 Å². The highest BCUT2D eigenvalue weighted by molar-refractivity contribution is 6.02. The van der Waals surface area contributed by atoms with Crippen molar-refractivity contribution in [3.05, 3.63) is 47.5 Å². The molecule has 0 fully saturated rings. The lowest BCUT2D eigenvalue weighted by Gasteiger charge is -2.13. The second kappa shape index (κ2) is 8.32. The number of carbonyl (C=O) groups is 4. The number of rotatable bonds is 7. The van der Waals surface area contributed by atoms with Gasteiger partial charge in [0.05, 0.1) is 11.1 Å². The Morgan fingerprint density at radius 3 is 2.26 bits per heavy atom. The first-order chi connectivity index (χ1) is 10.8. The molecule has 23 heavy (non-hydrogen) atoms. The number of hydrogen-bond donors (Lipinski definition) is 2. The van der Waals surface area contributed by atoms with Crippen LogP contribution in [0.25, 0.3) is 0 Å². The van der Waals surface area contributed by atoms with Crippen molar-refractivity contribution < 1.29 is 38.9 Å². The van der Waals surface area contributed by atoms with Gasteiger partial charge in [0.2, 0.25) is 0 Å². The number of carbonyl (C=O) groups excluding carboxylic acids is 2. The molecule has 2 N–H and O–H groups in total. The van der Waals surface area contributed by atoms with E-state index in [0.29, 0.717) is 6.08 Å². The highest BCUT2D eigenvalue weighted by Gasteiger charge is 2.19. The molecule has 0 spiro atoms. The normalized spacial score (nSPS) is 11.7. The molecule has 8 heteroatoms. The number of benzene rings is 1. The summed E-state index contributed by atoms with van der Waals surface area (Å²) in [5.74, 6) is -4.34. The molecule has 0 heterocycles. The van der Waals surface area contributed by atoms with Gasteiger partial charge >= 0.3 is 23.9 Å². The van der Waals surface area contributed by atoms with Crippen LogP contribution in [0.2, 0.25) is 0 Å².